The third-order valence-electron chi connectivity index (χ3n) is 5.12. The van der Waals surface area contributed by atoms with Gasteiger partial charge in [0.15, 0.2) is 0 Å². The van der Waals surface area contributed by atoms with Crippen molar-refractivity contribution in [2.24, 2.45) is 0 Å². The van der Waals surface area contributed by atoms with Gasteiger partial charge in [0.1, 0.15) is 0 Å². The Morgan fingerprint density at radius 2 is 1.40 bits per heavy atom. The molecule has 3 rings (SSSR count). The number of benzene rings is 2. The maximum absolute atomic E-state index is 11.4. The number of carbonyl (C=O) groups is 1. The van der Waals surface area contributed by atoms with Crippen LogP contribution >= 0.6 is 0 Å². The molecule has 2 unspecified atom stereocenters. The largest absolute Gasteiger partial charge is 0.481 e. The minimum Gasteiger partial charge on any atom is -0.481 e. The van der Waals surface area contributed by atoms with Gasteiger partial charge in [-0.3, -0.25) is 14.6 Å². The molecule has 0 aromatic heterocycles. The van der Waals surface area contributed by atoms with Crippen molar-refractivity contribution in [1.29, 1.82) is 0 Å². The molecule has 0 saturated carbocycles. The smallest absolute Gasteiger partial charge is 0.304 e. The Balaban J connectivity index is 1.72. The van der Waals surface area contributed by atoms with Crippen molar-refractivity contribution in [3.8, 4) is 0 Å². The topological polar surface area (TPSA) is 43.8 Å². The fraction of sp³-hybridized carbons (Fsp3) is 0.381. The fourth-order valence-electron chi connectivity index (χ4n) is 3.71. The molecule has 4 nitrogen and oxygen atoms in total. The number of hydrogen-bond acceptors (Lipinski definition) is 3. The molecule has 0 amide bonds. The highest BCUT2D eigenvalue weighted by Crippen LogP contribution is 2.24. The van der Waals surface area contributed by atoms with E-state index >= 15 is 0 Å². The summed E-state index contributed by atoms with van der Waals surface area (Å²) in [6, 6.07) is 20.9. The Morgan fingerprint density at radius 1 is 0.920 bits per heavy atom. The van der Waals surface area contributed by atoms with Gasteiger partial charge in [-0.05, 0) is 18.1 Å². The monoisotopic (exact) mass is 338 g/mol. The number of carboxylic acids is 1. The molecular formula is C21H26N2O2. The van der Waals surface area contributed by atoms with Gasteiger partial charge in [-0.2, -0.15) is 0 Å². The lowest BCUT2D eigenvalue weighted by molar-refractivity contribution is -0.140. The van der Waals surface area contributed by atoms with Crippen LogP contribution in [0.15, 0.2) is 60.7 Å². The van der Waals surface area contributed by atoms with Crippen LogP contribution in [0, 0.1) is 0 Å². The molecule has 132 valence electrons. The zero-order valence-electron chi connectivity index (χ0n) is 14.7. The number of rotatable bonds is 6. The number of nitrogens with zero attached hydrogens (tertiary/aromatic N) is 2. The minimum atomic E-state index is -0.725. The highest BCUT2D eigenvalue weighted by molar-refractivity contribution is 5.67. The molecule has 4 heteroatoms. The second-order valence-corrected chi connectivity index (χ2v) is 6.82. The Kier molecular flexibility index (Phi) is 5.84. The van der Waals surface area contributed by atoms with Crippen LogP contribution in [-0.2, 0) is 17.9 Å². The van der Waals surface area contributed by atoms with Crippen LogP contribution in [0.25, 0.3) is 0 Å². The molecule has 0 radical (unpaired) electrons. The van der Waals surface area contributed by atoms with Crippen molar-refractivity contribution >= 4 is 5.97 Å². The zero-order chi connectivity index (χ0) is 17.6. The summed E-state index contributed by atoms with van der Waals surface area (Å²) < 4.78 is 0. The van der Waals surface area contributed by atoms with E-state index in [4.69, 9.17) is 0 Å². The molecule has 1 aliphatic rings. The fourth-order valence-corrected chi connectivity index (χ4v) is 3.71. The van der Waals surface area contributed by atoms with Crippen molar-refractivity contribution in [2.75, 3.05) is 13.1 Å². The first-order valence-corrected chi connectivity index (χ1v) is 8.91. The maximum Gasteiger partial charge on any atom is 0.304 e. The summed E-state index contributed by atoms with van der Waals surface area (Å²) in [4.78, 5) is 16.2. The second-order valence-electron chi connectivity index (χ2n) is 6.82. The normalized spacial score (nSPS) is 22.0. The number of aliphatic carboxylic acids is 1. The first kappa shape index (κ1) is 17.6. The SMILES string of the molecule is CC1C(CC(=O)O)N(Cc2ccccc2)CCN1Cc1ccccc1. The van der Waals surface area contributed by atoms with E-state index in [2.05, 4.69) is 53.1 Å². The number of piperazine rings is 1. The summed E-state index contributed by atoms with van der Waals surface area (Å²) >= 11 is 0. The molecule has 0 spiro atoms. The van der Waals surface area contributed by atoms with Gasteiger partial charge in [0.25, 0.3) is 0 Å². The number of hydrogen-bond donors (Lipinski definition) is 1. The summed E-state index contributed by atoms with van der Waals surface area (Å²) in [6.07, 6.45) is 0.180. The molecule has 1 fully saturated rings. The third-order valence-corrected chi connectivity index (χ3v) is 5.12. The van der Waals surface area contributed by atoms with Crippen LogP contribution < -0.4 is 0 Å². The highest BCUT2D eigenvalue weighted by Gasteiger charge is 2.34. The highest BCUT2D eigenvalue weighted by atomic mass is 16.4. The van der Waals surface area contributed by atoms with Crippen molar-refractivity contribution in [3.05, 3.63) is 71.8 Å². The summed E-state index contributed by atoms with van der Waals surface area (Å²) in [6.45, 7) is 5.69. The van der Waals surface area contributed by atoms with Crippen molar-refractivity contribution in [2.45, 2.75) is 38.5 Å². The van der Waals surface area contributed by atoms with Gasteiger partial charge < -0.3 is 5.11 Å². The summed E-state index contributed by atoms with van der Waals surface area (Å²) in [7, 11) is 0. The third kappa shape index (κ3) is 4.68. The van der Waals surface area contributed by atoms with Crippen LogP contribution in [-0.4, -0.2) is 46.0 Å². The maximum atomic E-state index is 11.4. The molecule has 1 heterocycles. The van der Waals surface area contributed by atoms with Crippen molar-refractivity contribution in [3.63, 3.8) is 0 Å². The molecule has 0 aliphatic carbocycles. The lowest BCUT2D eigenvalue weighted by Gasteiger charge is -2.46. The van der Waals surface area contributed by atoms with Gasteiger partial charge in [0.2, 0.25) is 0 Å². The van der Waals surface area contributed by atoms with Gasteiger partial charge in [-0.25, -0.2) is 0 Å². The van der Waals surface area contributed by atoms with Gasteiger partial charge in [-0.1, -0.05) is 60.7 Å². The Labute approximate surface area is 149 Å². The molecule has 1 aliphatic heterocycles. The Morgan fingerprint density at radius 3 is 1.92 bits per heavy atom. The van der Waals surface area contributed by atoms with E-state index in [9.17, 15) is 9.90 Å². The van der Waals surface area contributed by atoms with E-state index in [1.807, 2.05) is 24.3 Å². The molecule has 0 bridgehead atoms. The van der Waals surface area contributed by atoms with Crippen molar-refractivity contribution in [1.82, 2.24) is 9.80 Å². The molecule has 2 aromatic carbocycles. The van der Waals surface area contributed by atoms with E-state index in [0.717, 1.165) is 26.2 Å². The van der Waals surface area contributed by atoms with Crippen LogP contribution in [0.3, 0.4) is 0 Å². The Hall–Kier alpha value is -2.17. The van der Waals surface area contributed by atoms with E-state index in [1.165, 1.54) is 11.1 Å². The van der Waals surface area contributed by atoms with Crippen LogP contribution in [0.2, 0.25) is 0 Å². The van der Waals surface area contributed by atoms with E-state index < -0.39 is 5.97 Å². The standard InChI is InChI=1S/C21H26N2O2/c1-17-20(14-21(24)25)23(16-19-10-6-3-7-11-19)13-12-22(17)15-18-8-4-2-5-9-18/h2-11,17,20H,12-16H2,1H3,(H,24,25). The predicted octanol–water partition coefficient (Wildman–Crippen LogP) is 3.24. The van der Waals surface area contributed by atoms with E-state index in [-0.39, 0.29) is 18.5 Å². The second kappa shape index (κ2) is 8.28. The minimum absolute atomic E-state index is 0.0233. The summed E-state index contributed by atoms with van der Waals surface area (Å²) in [5, 5.41) is 9.40. The molecule has 25 heavy (non-hydrogen) atoms. The van der Waals surface area contributed by atoms with E-state index in [0.29, 0.717) is 0 Å². The van der Waals surface area contributed by atoms with Gasteiger partial charge in [0.05, 0.1) is 6.42 Å². The molecule has 2 atom stereocenters. The lowest BCUT2D eigenvalue weighted by atomic mass is 9.98. The summed E-state index contributed by atoms with van der Waals surface area (Å²) in [5.41, 5.74) is 2.52. The van der Waals surface area contributed by atoms with Crippen LogP contribution in [0.5, 0.6) is 0 Å². The van der Waals surface area contributed by atoms with E-state index in [1.54, 1.807) is 0 Å². The van der Waals surface area contributed by atoms with Gasteiger partial charge >= 0.3 is 5.97 Å². The summed E-state index contributed by atoms with van der Waals surface area (Å²) in [5.74, 6) is -0.725. The quantitative estimate of drug-likeness (QED) is 0.878. The van der Waals surface area contributed by atoms with Crippen LogP contribution in [0.1, 0.15) is 24.5 Å². The zero-order valence-corrected chi connectivity index (χ0v) is 14.7. The molecule has 1 saturated heterocycles. The molecule has 2 aromatic rings. The van der Waals surface area contributed by atoms with Gasteiger partial charge in [0, 0.05) is 38.3 Å². The predicted molar refractivity (Wildman–Crippen MR) is 99.2 cm³/mol. The van der Waals surface area contributed by atoms with Gasteiger partial charge in [-0.15, -0.1) is 0 Å². The average Bonchev–Trinajstić information content (AvgIpc) is 2.62. The van der Waals surface area contributed by atoms with Crippen molar-refractivity contribution < 1.29 is 9.90 Å². The molecule has 1 N–H and O–H groups in total. The average molecular weight is 338 g/mol. The van der Waals surface area contributed by atoms with Crippen LogP contribution in [0.4, 0.5) is 0 Å². The number of carboxylic acid groups (broad SMARTS) is 1. The first-order valence-electron chi connectivity index (χ1n) is 8.91. The lowest BCUT2D eigenvalue weighted by Crippen LogP contribution is -2.58. The first-order chi connectivity index (χ1) is 12.1. The Bertz CT molecular complexity index is 675. The molecular weight excluding hydrogens is 312 g/mol.